The third-order valence-electron chi connectivity index (χ3n) is 4.34. The summed E-state index contributed by atoms with van der Waals surface area (Å²) in [5, 5.41) is 2.75. The highest BCUT2D eigenvalue weighted by atomic mass is 16.5. The van der Waals surface area contributed by atoms with E-state index in [0.29, 0.717) is 37.6 Å². The number of nitrogens with one attached hydrogen (secondary N) is 1. The van der Waals surface area contributed by atoms with E-state index in [-0.39, 0.29) is 30.8 Å². The van der Waals surface area contributed by atoms with Gasteiger partial charge < -0.3 is 19.9 Å². The van der Waals surface area contributed by atoms with Crippen LogP contribution in [0.15, 0.2) is 24.3 Å². The molecule has 8 nitrogen and oxygen atoms in total. The Hall–Kier alpha value is -2.61. The maximum absolute atomic E-state index is 12.3. The molecular weight excluding hydrogens is 336 g/mol. The van der Waals surface area contributed by atoms with E-state index in [0.717, 1.165) is 0 Å². The fraction of sp³-hybridized carbons (Fsp3) is 0.500. The third kappa shape index (κ3) is 5.73. The Kier molecular flexibility index (Phi) is 6.97. The lowest BCUT2D eigenvalue weighted by Crippen LogP contribution is -2.51. The summed E-state index contributed by atoms with van der Waals surface area (Å²) in [7, 11) is 3.17. The van der Waals surface area contributed by atoms with E-state index in [2.05, 4.69) is 5.32 Å². The van der Waals surface area contributed by atoms with Gasteiger partial charge in [0.25, 0.3) is 0 Å². The maximum Gasteiger partial charge on any atom is 0.243 e. The Morgan fingerprint density at radius 2 is 1.88 bits per heavy atom. The van der Waals surface area contributed by atoms with Crippen molar-refractivity contribution in [2.45, 2.75) is 6.92 Å². The summed E-state index contributed by atoms with van der Waals surface area (Å²) in [6, 6.07) is 7.05. The second-order valence-corrected chi connectivity index (χ2v) is 6.31. The zero-order valence-electron chi connectivity index (χ0n) is 15.5. The normalized spacial score (nSPS) is 14.7. The lowest BCUT2D eigenvalue weighted by molar-refractivity contribution is -0.135. The number of rotatable bonds is 6. The highest BCUT2D eigenvalue weighted by molar-refractivity contribution is 5.94. The second-order valence-electron chi connectivity index (χ2n) is 6.31. The van der Waals surface area contributed by atoms with E-state index in [4.69, 9.17) is 4.74 Å². The van der Waals surface area contributed by atoms with Crippen LogP contribution < -0.4 is 10.1 Å². The predicted octanol–water partition coefficient (Wildman–Crippen LogP) is 0.256. The largest absolute Gasteiger partial charge is 0.497 e. The maximum atomic E-state index is 12.3. The number of benzene rings is 1. The number of amides is 3. The highest BCUT2D eigenvalue weighted by Crippen LogP contribution is 2.16. The molecule has 1 aliphatic heterocycles. The first kappa shape index (κ1) is 19.7. The number of methoxy groups -OCH3 is 1. The fourth-order valence-corrected chi connectivity index (χ4v) is 2.74. The molecule has 0 aromatic heterocycles. The Bertz CT molecular complexity index is 656. The first-order valence-electron chi connectivity index (χ1n) is 8.55. The number of carbonyl (C=O) groups is 3. The molecule has 2 rings (SSSR count). The molecule has 0 aliphatic carbocycles. The number of hydrogen-bond acceptors (Lipinski definition) is 5. The van der Waals surface area contributed by atoms with Gasteiger partial charge in [-0.2, -0.15) is 0 Å². The molecule has 1 aromatic rings. The molecule has 1 aliphatic rings. The van der Waals surface area contributed by atoms with Crippen molar-refractivity contribution in [3.05, 3.63) is 24.3 Å². The molecule has 0 unspecified atom stereocenters. The van der Waals surface area contributed by atoms with Gasteiger partial charge in [-0.25, -0.2) is 0 Å². The van der Waals surface area contributed by atoms with Gasteiger partial charge in [0, 0.05) is 51.9 Å². The number of carbonyl (C=O) groups excluding carboxylic acids is 3. The van der Waals surface area contributed by atoms with Gasteiger partial charge in [0.15, 0.2) is 0 Å². The molecule has 8 heteroatoms. The Morgan fingerprint density at radius 3 is 2.50 bits per heavy atom. The average molecular weight is 362 g/mol. The van der Waals surface area contributed by atoms with E-state index < -0.39 is 0 Å². The second kappa shape index (κ2) is 9.19. The molecule has 1 N–H and O–H groups in total. The predicted molar refractivity (Wildman–Crippen MR) is 98.0 cm³/mol. The number of hydrogen-bond donors (Lipinski definition) is 1. The van der Waals surface area contributed by atoms with Gasteiger partial charge in [-0.15, -0.1) is 0 Å². The van der Waals surface area contributed by atoms with E-state index in [1.807, 2.05) is 4.90 Å². The first-order valence-corrected chi connectivity index (χ1v) is 8.55. The Balaban J connectivity index is 1.77. The molecule has 1 fully saturated rings. The van der Waals surface area contributed by atoms with Gasteiger partial charge in [0.1, 0.15) is 5.75 Å². The summed E-state index contributed by atoms with van der Waals surface area (Å²) >= 11 is 0. The van der Waals surface area contributed by atoms with Crippen molar-refractivity contribution in [1.29, 1.82) is 0 Å². The molecular formula is C18H26N4O4. The van der Waals surface area contributed by atoms with Gasteiger partial charge in [0.05, 0.1) is 20.2 Å². The van der Waals surface area contributed by atoms with Gasteiger partial charge in [-0.05, 0) is 12.1 Å². The van der Waals surface area contributed by atoms with Crippen LogP contribution in [0, 0.1) is 0 Å². The zero-order chi connectivity index (χ0) is 19.1. The van der Waals surface area contributed by atoms with E-state index in [9.17, 15) is 14.4 Å². The molecule has 0 saturated carbocycles. The van der Waals surface area contributed by atoms with Crippen molar-refractivity contribution in [3.63, 3.8) is 0 Å². The highest BCUT2D eigenvalue weighted by Gasteiger charge is 2.22. The van der Waals surface area contributed by atoms with Crippen molar-refractivity contribution < 1.29 is 19.1 Å². The van der Waals surface area contributed by atoms with Crippen LogP contribution in [0.25, 0.3) is 0 Å². The lowest BCUT2D eigenvalue weighted by Gasteiger charge is -2.34. The van der Waals surface area contributed by atoms with Crippen LogP contribution in [0.3, 0.4) is 0 Å². The molecule has 0 bridgehead atoms. The van der Waals surface area contributed by atoms with E-state index in [1.54, 1.807) is 50.2 Å². The third-order valence-corrected chi connectivity index (χ3v) is 4.34. The molecule has 1 aromatic carbocycles. The number of nitrogens with zero attached hydrogens (tertiary/aromatic N) is 3. The molecule has 3 amide bonds. The summed E-state index contributed by atoms with van der Waals surface area (Å²) < 4.78 is 5.12. The van der Waals surface area contributed by atoms with Gasteiger partial charge >= 0.3 is 0 Å². The quantitative estimate of drug-likeness (QED) is 0.785. The van der Waals surface area contributed by atoms with Crippen LogP contribution in [0.1, 0.15) is 6.92 Å². The van der Waals surface area contributed by atoms with Crippen LogP contribution >= 0.6 is 0 Å². The van der Waals surface area contributed by atoms with Crippen molar-refractivity contribution in [2.75, 3.05) is 58.7 Å². The SMILES string of the molecule is COc1cccc(NC(=O)CN(C)C(=O)CN2CCN(C(C)=O)CC2)c1. The molecule has 1 heterocycles. The van der Waals surface area contributed by atoms with Crippen molar-refractivity contribution in [1.82, 2.24) is 14.7 Å². The summed E-state index contributed by atoms with van der Waals surface area (Å²) in [6.07, 6.45) is 0. The minimum Gasteiger partial charge on any atom is -0.497 e. The average Bonchev–Trinajstić information content (AvgIpc) is 2.62. The topological polar surface area (TPSA) is 82.2 Å². The van der Waals surface area contributed by atoms with Crippen LogP contribution in [-0.2, 0) is 14.4 Å². The van der Waals surface area contributed by atoms with Crippen molar-refractivity contribution in [3.8, 4) is 5.75 Å². The Labute approximate surface area is 153 Å². The molecule has 26 heavy (non-hydrogen) atoms. The summed E-state index contributed by atoms with van der Waals surface area (Å²) in [5.74, 6) is 0.316. The van der Waals surface area contributed by atoms with E-state index >= 15 is 0 Å². The molecule has 0 spiro atoms. The van der Waals surface area contributed by atoms with Crippen LogP contribution in [-0.4, -0.2) is 85.8 Å². The Morgan fingerprint density at radius 1 is 1.19 bits per heavy atom. The summed E-state index contributed by atoms with van der Waals surface area (Å²) in [5.41, 5.74) is 0.621. The van der Waals surface area contributed by atoms with Gasteiger partial charge in [-0.3, -0.25) is 19.3 Å². The zero-order valence-corrected chi connectivity index (χ0v) is 15.5. The molecule has 1 saturated heterocycles. The van der Waals surface area contributed by atoms with Gasteiger partial charge in [0.2, 0.25) is 17.7 Å². The van der Waals surface area contributed by atoms with E-state index in [1.165, 1.54) is 4.90 Å². The van der Waals surface area contributed by atoms with Crippen LogP contribution in [0.4, 0.5) is 5.69 Å². The number of piperazine rings is 1. The minimum absolute atomic E-state index is 0.0244. The number of anilines is 1. The minimum atomic E-state index is -0.268. The molecule has 0 radical (unpaired) electrons. The summed E-state index contributed by atoms with van der Waals surface area (Å²) in [4.78, 5) is 41.0. The standard InChI is InChI=1S/C18H26N4O4/c1-14(23)22-9-7-21(8-10-22)13-18(25)20(2)12-17(24)19-15-5-4-6-16(11-15)26-3/h4-6,11H,7-10,12-13H2,1-3H3,(H,19,24). The number of ether oxygens (including phenoxy) is 1. The van der Waals surface area contributed by atoms with Gasteiger partial charge in [-0.1, -0.05) is 6.07 Å². The lowest BCUT2D eigenvalue weighted by atomic mass is 10.3. The molecule has 142 valence electrons. The van der Waals surface area contributed by atoms with Crippen LogP contribution in [0.2, 0.25) is 0 Å². The van der Waals surface area contributed by atoms with Crippen molar-refractivity contribution in [2.24, 2.45) is 0 Å². The monoisotopic (exact) mass is 362 g/mol. The molecule has 0 atom stereocenters. The fourth-order valence-electron chi connectivity index (χ4n) is 2.74. The van der Waals surface area contributed by atoms with Crippen LogP contribution in [0.5, 0.6) is 5.75 Å². The first-order chi connectivity index (χ1) is 12.4. The van der Waals surface area contributed by atoms with Crippen molar-refractivity contribution >= 4 is 23.4 Å². The summed E-state index contributed by atoms with van der Waals surface area (Å²) in [6.45, 7) is 4.35. The smallest absolute Gasteiger partial charge is 0.243 e. The number of likely N-dealkylation sites (N-methyl/N-ethyl adjacent to an activating group) is 1.